The minimum atomic E-state index is -0.378. The zero-order chi connectivity index (χ0) is 25.8. The maximum Gasteiger partial charge on any atom is 0.321 e. The first-order chi connectivity index (χ1) is 18.0. The quantitative estimate of drug-likeness (QED) is 0.378. The van der Waals surface area contributed by atoms with Gasteiger partial charge in [-0.1, -0.05) is 60.2 Å². The van der Waals surface area contributed by atoms with Crippen LogP contribution in [0.25, 0.3) is 11.4 Å². The van der Waals surface area contributed by atoms with Crippen molar-refractivity contribution in [2.24, 2.45) is 0 Å². The van der Waals surface area contributed by atoms with E-state index >= 15 is 0 Å². The second-order valence-electron chi connectivity index (χ2n) is 9.38. The van der Waals surface area contributed by atoms with Crippen LogP contribution >= 0.6 is 0 Å². The van der Waals surface area contributed by atoms with Crippen molar-refractivity contribution < 1.29 is 9.18 Å². The fourth-order valence-corrected chi connectivity index (χ4v) is 4.65. The number of rotatable bonds is 5. The Morgan fingerprint density at radius 1 is 0.892 bits per heavy atom. The number of carbonyl (C=O) groups is 1. The van der Waals surface area contributed by atoms with Gasteiger partial charge in [-0.15, -0.1) is 0 Å². The van der Waals surface area contributed by atoms with E-state index in [1.54, 1.807) is 17.0 Å². The lowest BCUT2D eigenvalue weighted by Crippen LogP contribution is -2.50. The van der Waals surface area contributed by atoms with E-state index in [4.69, 9.17) is 9.97 Å². The number of nitrogens with one attached hydrogen (secondary N) is 1. The SMILES string of the molecule is Cc1cccc(-c2nc(C)c(Cc3ccccc3)c(N3CCN(C(=O)Nc4cccc(F)c4)CC3)n2)c1. The Kier molecular flexibility index (Phi) is 7.12. The molecule has 1 aliphatic heterocycles. The van der Waals surface area contributed by atoms with Crippen LogP contribution in [0.1, 0.15) is 22.4 Å². The zero-order valence-electron chi connectivity index (χ0n) is 21.1. The first-order valence-electron chi connectivity index (χ1n) is 12.5. The predicted molar refractivity (Wildman–Crippen MR) is 145 cm³/mol. The first-order valence-corrected chi connectivity index (χ1v) is 12.5. The van der Waals surface area contributed by atoms with Gasteiger partial charge in [0.2, 0.25) is 0 Å². The summed E-state index contributed by atoms with van der Waals surface area (Å²) in [6, 6.07) is 24.3. The number of benzene rings is 3. The Labute approximate surface area is 216 Å². The van der Waals surface area contributed by atoms with Gasteiger partial charge in [-0.3, -0.25) is 0 Å². The lowest BCUT2D eigenvalue weighted by molar-refractivity contribution is 0.208. The average molecular weight is 496 g/mol. The lowest BCUT2D eigenvalue weighted by Gasteiger charge is -2.36. The van der Waals surface area contributed by atoms with Crippen molar-refractivity contribution in [3.05, 3.63) is 107 Å². The maximum absolute atomic E-state index is 13.5. The smallest absolute Gasteiger partial charge is 0.321 e. The van der Waals surface area contributed by atoms with Crippen LogP contribution in [-0.2, 0) is 6.42 Å². The van der Waals surface area contributed by atoms with Crippen molar-refractivity contribution in [3.8, 4) is 11.4 Å². The number of nitrogens with zero attached hydrogens (tertiary/aromatic N) is 4. The fraction of sp³-hybridized carbons (Fsp3) is 0.233. The number of hydrogen-bond acceptors (Lipinski definition) is 4. The van der Waals surface area contributed by atoms with Crippen molar-refractivity contribution in [1.82, 2.24) is 14.9 Å². The molecule has 4 aromatic rings. The highest BCUT2D eigenvalue weighted by Gasteiger charge is 2.25. The summed E-state index contributed by atoms with van der Waals surface area (Å²) in [5.41, 5.74) is 5.85. The van der Waals surface area contributed by atoms with Crippen LogP contribution in [-0.4, -0.2) is 47.1 Å². The molecule has 1 aromatic heterocycles. The van der Waals surface area contributed by atoms with Gasteiger partial charge in [0, 0.05) is 55.1 Å². The molecule has 0 bridgehead atoms. The second kappa shape index (κ2) is 10.8. The van der Waals surface area contributed by atoms with Crippen molar-refractivity contribution in [2.45, 2.75) is 20.3 Å². The first kappa shape index (κ1) is 24.4. The Hall–Kier alpha value is -4.26. The highest BCUT2D eigenvalue weighted by Crippen LogP contribution is 2.29. The molecule has 6 nitrogen and oxygen atoms in total. The van der Waals surface area contributed by atoms with Gasteiger partial charge in [-0.05, 0) is 43.7 Å². The molecule has 7 heteroatoms. The number of urea groups is 1. The number of aryl methyl sites for hydroxylation is 2. The molecule has 0 unspecified atom stereocenters. The van der Waals surface area contributed by atoms with E-state index in [2.05, 4.69) is 41.4 Å². The van der Waals surface area contributed by atoms with Crippen LogP contribution in [0.2, 0.25) is 0 Å². The Morgan fingerprint density at radius 2 is 1.65 bits per heavy atom. The van der Waals surface area contributed by atoms with Gasteiger partial charge in [0.25, 0.3) is 0 Å². The second-order valence-corrected chi connectivity index (χ2v) is 9.38. The van der Waals surface area contributed by atoms with Gasteiger partial charge in [0.1, 0.15) is 11.6 Å². The minimum absolute atomic E-state index is 0.228. The van der Waals surface area contributed by atoms with Crippen molar-refractivity contribution in [3.63, 3.8) is 0 Å². The van der Waals surface area contributed by atoms with Gasteiger partial charge in [0.15, 0.2) is 5.82 Å². The van der Waals surface area contributed by atoms with E-state index in [-0.39, 0.29) is 11.8 Å². The molecular weight excluding hydrogens is 465 g/mol. The number of hydrogen-bond donors (Lipinski definition) is 1. The number of anilines is 2. The molecule has 0 aliphatic carbocycles. The summed E-state index contributed by atoms with van der Waals surface area (Å²) in [5.74, 6) is 1.24. The van der Waals surface area contributed by atoms with Crippen molar-refractivity contribution in [1.29, 1.82) is 0 Å². The molecule has 1 N–H and O–H groups in total. The molecule has 0 atom stereocenters. The summed E-state index contributed by atoms with van der Waals surface area (Å²) < 4.78 is 13.5. The molecule has 3 aromatic carbocycles. The fourth-order valence-electron chi connectivity index (χ4n) is 4.65. The van der Waals surface area contributed by atoms with E-state index < -0.39 is 0 Å². The number of piperazine rings is 1. The molecule has 1 saturated heterocycles. The average Bonchev–Trinajstić information content (AvgIpc) is 2.90. The summed E-state index contributed by atoms with van der Waals surface area (Å²) >= 11 is 0. The number of carbonyl (C=O) groups excluding carboxylic acids is 1. The summed E-state index contributed by atoms with van der Waals surface area (Å²) in [4.78, 5) is 26.8. The maximum atomic E-state index is 13.5. The minimum Gasteiger partial charge on any atom is -0.353 e. The van der Waals surface area contributed by atoms with Crippen LogP contribution in [0, 0.1) is 19.7 Å². The standard InChI is InChI=1S/C30H30FN5O/c1-21-8-6-11-24(18-21)28-32-22(2)27(19-23-9-4-3-5-10-23)29(34-28)35-14-16-36(17-15-35)30(37)33-26-13-7-12-25(31)20-26/h3-13,18,20H,14-17,19H2,1-2H3,(H,33,37). The molecule has 0 spiro atoms. The van der Waals surface area contributed by atoms with Gasteiger partial charge < -0.3 is 15.1 Å². The van der Waals surface area contributed by atoms with E-state index in [9.17, 15) is 9.18 Å². The summed E-state index contributed by atoms with van der Waals surface area (Å²) in [6.07, 6.45) is 0.733. The Balaban J connectivity index is 1.40. The molecule has 0 radical (unpaired) electrons. The molecule has 188 valence electrons. The highest BCUT2D eigenvalue weighted by molar-refractivity contribution is 5.89. The van der Waals surface area contributed by atoms with Gasteiger partial charge in [-0.25, -0.2) is 19.2 Å². The van der Waals surface area contributed by atoms with E-state index in [0.29, 0.717) is 37.7 Å². The Bertz CT molecular complexity index is 1400. The molecule has 2 heterocycles. The molecule has 1 aliphatic rings. The van der Waals surface area contributed by atoms with Crippen LogP contribution < -0.4 is 10.2 Å². The van der Waals surface area contributed by atoms with Gasteiger partial charge in [0.05, 0.1) is 0 Å². The van der Waals surface area contributed by atoms with E-state index in [0.717, 1.165) is 34.6 Å². The number of amides is 2. The molecule has 1 fully saturated rings. The third-order valence-corrected chi connectivity index (χ3v) is 6.63. The highest BCUT2D eigenvalue weighted by atomic mass is 19.1. The molecule has 37 heavy (non-hydrogen) atoms. The third-order valence-electron chi connectivity index (χ3n) is 6.63. The topological polar surface area (TPSA) is 61.4 Å². The number of aromatic nitrogens is 2. The van der Waals surface area contributed by atoms with Gasteiger partial charge >= 0.3 is 6.03 Å². The van der Waals surface area contributed by atoms with E-state index in [1.165, 1.54) is 17.7 Å². The van der Waals surface area contributed by atoms with Crippen molar-refractivity contribution >= 4 is 17.5 Å². The van der Waals surface area contributed by atoms with Crippen LogP contribution in [0.3, 0.4) is 0 Å². The zero-order valence-corrected chi connectivity index (χ0v) is 21.1. The molecule has 2 amide bonds. The van der Waals surface area contributed by atoms with E-state index in [1.807, 2.05) is 37.3 Å². The monoisotopic (exact) mass is 495 g/mol. The molecule has 0 saturated carbocycles. The predicted octanol–water partition coefficient (Wildman–Crippen LogP) is 5.84. The normalized spacial score (nSPS) is 13.5. The van der Waals surface area contributed by atoms with Crippen LogP contribution in [0.4, 0.5) is 20.7 Å². The molecule has 5 rings (SSSR count). The van der Waals surface area contributed by atoms with Crippen molar-refractivity contribution in [2.75, 3.05) is 36.4 Å². The summed E-state index contributed by atoms with van der Waals surface area (Å²) in [5, 5.41) is 2.80. The van der Waals surface area contributed by atoms with Crippen LogP contribution in [0.5, 0.6) is 0 Å². The van der Waals surface area contributed by atoms with Gasteiger partial charge in [-0.2, -0.15) is 0 Å². The number of halogens is 1. The lowest BCUT2D eigenvalue weighted by atomic mass is 10.0. The largest absolute Gasteiger partial charge is 0.353 e. The third kappa shape index (κ3) is 5.77. The summed E-state index contributed by atoms with van der Waals surface area (Å²) in [7, 11) is 0. The summed E-state index contributed by atoms with van der Waals surface area (Å²) in [6.45, 7) is 6.47. The Morgan fingerprint density at radius 3 is 2.38 bits per heavy atom. The van der Waals surface area contributed by atoms with Crippen LogP contribution in [0.15, 0.2) is 78.9 Å². The molecular formula is C30H30FN5O.